The minimum absolute atomic E-state index is 0.0230. The summed E-state index contributed by atoms with van der Waals surface area (Å²) in [4.78, 5) is 11.1. The van der Waals surface area contributed by atoms with Crippen molar-refractivity contribution >= 4 is 5.91 Å². The van der Waals surface area contributed by atoms with Gasteiger partial charge in [0.15, 0.2) is 0 Å². The summed E-state index contributed by atoms with van der Waals surface area (Å²) in [5, 5.41) is 18.0. The summed E-state index contributed by atoms with van der Waals surface area (Å²) in [5.41, 5.74) is 11.6. The standard InChI is InChI=1S/C10H14N2O3/c11-7(5-13)3-6-1-2-8(14)4-9(6)10(12)15/h1-2,4,7,13-14H,3,5,11H2,(H2,12,15)/t7-/m1/s1. The number of aliphatic hydroxyl groups is 1. The first-order valence-electron chi connectivity index (χ1n) is 4.52. The van der Waals surface area contributed by atoms with Gasteiger partial charge in [0.05, 0.1) is 6.61 Å². The van der Waals surface area contributed by atoms with Crippen LogP contribution in [0.15, 0.2) is 18.2 Å². The van der Waals surface area contributed by atoms with Crippen LogP contribution in [0.3, 0.4) is 0 Å². The third-order valence-corrected chi connectivity index (χ3v) is 2.08. The Morgan fingerprint density at radius 2 is 2.13 bits per heavy atom. The van der Waals surface area contributed by atoms with Gasteiger partial charge in [-0.3, -0.25) is 4.79 Å². The minimum Gasteiger partial charge on any atom is -0.508 e. The molecule has 0 aliphatic rings. The van der Waals surface area contributed by atoms with Crippen LogP contribution in [0.1, 0.15) is 15.9 Å². The molecule has 0 fully saturated rings. The Hall–Kier alpha value is -1.59. The summed E-state index contributed by atoms with van der Waals surface area (Å²) in [5.74, 6) is -0.642. The maximum atomic E-state index is 11.1. The molecule has 1 rings (SSSR count). The molecule has 0 aliphatic carbocycles. The molecule has 0 bridgehead atoms. The van der Waals surface area contributed by atoms with Crippen molar-refractivity contribution in [2.45, 2.75) is 12.5 Å². The van der Waals surface area contributed by atoms with E-state index in [0.29, 0.717) is 12.0 Å². The van der Waals surface area contributed by atoms with Gasteiger partial charge in [-0.15, -0.1) is 0 Å². The Labute approximate surface area is 87.3 Å². The van der Waals surface area contributed by atoms with Crippen molar-refractivity contribution in [3.05, 3.63) is 29.3 Å². The first-order valence-corrected chi connectivity index (χ1v) is 4.52. The van der Waals surface area contributed by atoms with Gasteiger partial charge in [0.1, 0.15) is 5.75 Å². The number of phenolic OH excluding ortho intramolecular Hbond substituents is 1. The molecule has 1 amide bonds. The van der Waals surface area contributed by atoms with Gasteiger partial charge < -0.3 is 21.7 Å². The number of phenols is 1. The predicted molar refractivity (Wildman–Crippen MR) is 55.4 cm³/mol. The van der Waals surface area contributed by atoms with E-state index in [0.717, 1.165) is 0 Å². The van der Waals surface area contributed by atoms with Crippen molar-refractivity contribution in [3.63, 3.8) is 0 Å². The lowest BCUT2D eigenvalue weighted by Gasteiger charge is -2.11. The predicted octanol–water partition coefficient (Wildman–Crippen LogP) is -0.647. The number of hydrogen-bond donors (Lipinski definition) is 4. The molecule has 0 aromatic heterocycles. The van der Waals surface area contributed by atoms with Crippen LogP contribution in [-0.2, 0) is 6.42 Å². The number of aliphatic hydroxyl groups excluding tert-OH is 1. The molecule has 1 aromatic rings. The first-order chi connectivity index (χ1) is 7.04. The zero-order valence-electron chi connectivity index (χ0n) is 8.18. The third-order valence-electron chi connectivity index (χ3n) is 2.08. The van der Waals surface area contributed by atoms with Crippen molar-refractivity contribution in [2.75, 3.05) is 6.61 Å². The average Bonchev–Trinajstić information content (AvgIpc) is 2.20. The highest BCUT2D eigenvalue weighted by molar-refractivity contribution is 5.94. The number of carbonyl (C=O) groups is 1. The molecule has 0 radical (unpaired) electrons. The zero-order chi connectivity index (χ0) is 11.4. The van der Waals surface area contributed by atoms with E-state index in [-0.39, 0.29) is 17.9 Å². The summed E-state index contributed by atoms with van der Waals surface area (Å²) < 4.78 is 0. The van der Waals surface area contributed by atoms with Crippen molar-refractivity contribution in [1.82, 2.24) is 0 Å². The van der Waals surface area contributed by atoms with Crippen LogP contribution in [0.25, 0.3) is 0 Å². The highest BCUT2D eigenvalue weighted by atomic mass is 16.3. The van der Waals surface area contributed by atoms with E-state index in [9.17, 15) is 9.90 Å². The number of aromatic hydroxyl groups is 1. The summed E-state index contributed by atoms with van der Waals surface area (Å²) in [6.07, 6.45) is 0.342. The van der Waals surface area contributed by atoms with Crippen molar-refractivity contribution in [2.24, 2.45) is 11.5 Å². The van der Waals surface area contributed by atoms with E-state index in [1.165, 1.54) is 12.1 Å². The van der Waals surface area contributed by atoms with Crippen LogP contribution >= 0.6 is 0 Å². The summed E-state index contributed by atoms with van der Waals surface area (Å²) >= 11 is 0. The molecule has 15 heavy (non-hydrogen) atoms. The second-order valence-electron chi connectivity index (χ2n) is 3.35. The van der Waals surface area contributed by atoms with E-state index < -0.39 is 11.9 Å². The van der Waals surface area contributed by atoms with Gasteiger partial charge in [0.2, 0.25) is 5.91 Å². The van der Waals surface area contributed by atoms with Crippen molar-refractivity contribution in [3.8, 4) is 5.75 Å². The molecule has 1 atom stereocenters. The third kappa shape index (κ3) is 2.93. The van der Waals surface area contributed by atoms with Crippen LogP contribution in [0.4, 0.5) is 0 Å². The molecule has 82 valence electrons. The molecule has 0 spiro atoms. The van der Waals surface area contributed by atoms with Crippen LogP contribution in [0, 0.1) is 0 Å². The lowest BCUT2D eigenvalue weighted by atomic mass is 10.00. The Bertz CT molecular complexity index is 366. The first kappa shape index (κ1) is 11.5. The van der Waals surface area contributed by atoms with E-state index >= 15 is 0 Å². The van der Waals surface area contributed by atoms with E-state index in [4.69, 9.17) is 16.6 Å². The number of carbonyl (C=O) groups excluding carboxylic acids is 1. The van der Waals surface area contributed by atoms with Crippen molar-refractivity contribution < 1.29 is 15.0 Å². The molecule has 5 nitrogen and oxygen atoms in total. The van der Waals surface area contributed by atoms with Crippen molar-refractivity contribution in [1.29, 1.82) is 0 Å². The summed E-state index contributed by atoms with van der Waals surface area (Å²) in [6.45, 7) is -0.168. The SMILES string of the molecule is NC(=O)c1cc(O)ccc1C[C@@H](N)CO. The average molecular weight is 210 g/mol. The molecule has 0 unspecified atom stereocenters. The quantitative estimate of drug-likeness (QED) is 0.529. The normalized spacial score (nSPS) is 12.4. The highest BCUT2D eigenvalue weighted by Crippen LogP contribution is 2.17. The van der Waals surface area contributed by atoms with Crippen LogP contribution in [0.5, 0.6) is 5.75 Å². The van der Waals surface area contributed by atoms with Gasteiger partial charge in [0.25, 0.3) is 0 Å². The van der Waals surface area contributed by atoms with Gasteiger partial charge in [-0.2, -0.15) is 0 Å². The molecule has 1 aromatic carbocycles. The second kappa shape index (κ2) is 4.77. The van der Waals surface area contributed by atoms with E-state index in [1.54, 1.807) is 6.07 Å². The monoisotopic (exact) mass is 210 g/mol. The molecule has 5 heteroatoms. The Morgan fingerprint density at radius 1 is 1.47 bits per heavy atom. The van der Waals surface area contributed by atoms with E-state index in [2.05, 4.69) is 0 Å². The summed E-state index contributed by atoms with van der Waals surface area (Å²) in [7, 11) is 0. The maximum absolute atomic E-state index is 11.1. The molecular weight excluding hydrogens is 196 g/mol. The smallest absolute Gasteiger partial charge is 0.249 e. The van der Waals surface area contributed by atoms with Gasteiger partial charge in [-0.1, -0.05) is 6.07 Å². The van der Waals surface area contributed by atoms with Gasteiger partial charge in [-0.25, -0.2) is 0 Å². The molecule has 0 heterocycles. The number of hydrogen-bond acceptors (Lipinski definition) is 4. The van der Waals surface area contributed by atoms with Crippen LogP contribution in [-0.4, -0.2) is 28.8 Å². The van der Waals surface area contributed by atoms with E-state index in [1.807, 2.05) is 0 Å². The fraction of sp³-hybridized carbons (Fsp3) is 0.300. The Balaban J connectivity index is 3.01. The lowest BCUT2D eigenvalue weighted by molar-refractivity contribution is 0.0998. The highest BCUT2D eigenvalue weighted by Gasteiger charge is 2.11. The number of amides is 1. The molecule has 0 saturated heterocycles. The van der Waals surface area contributed by atoms with Gasteiger partial charge in [-0.05, 0) is 24.1 Å². The molecule has 6 N–H and O–H groups in total. The molecule has 0 aliphatic heterocycles. The largest absolute Gasteiger partial charge is 0.508 e. The summed E-state index contributed by atoms with van der Waals surface area (Å²) in [6, 6.07) is 3.88. The molecule has 0 saturated carbocycles. The van der Waals surface area contributed by atoms with Gasteiger partial charge in [0, 0.05) is 11.6 Å². The van der Waals surface area contributed by atoms with Crippen LogP contribution in [0.2, 0.25) is 0 Å². The fourth-order valence-corrected chi connectivity index (χ4v) is 1.32. The Kier molecular flexibility index (Phi) is 3.65. The minimum atomic E-state index is -0.619. The Morgan fingerprint density at radius 3 is 2.67 bits per heavy atom. The van der Waals surface area contributed by atoms with Gasteiger partial charge >= 0.3 is 0 Å². The number of nitrogens with two attached hydrogens (primary N) is 2. The second-order valence-corrected chi connectivity index (χ2v) is 3.35. The van der Waals surface area contributed by atoms with Crippen LogP contribution < -0.4 is 11.5 Å². The topological polar surface area (TPSA) is 110 Å². The lowest BCUT2D eigenvalue weighted by Crippen LogP contribution is -2.28. The number of benzene rings is 1. The molecular formula is C10H14N2O3. The number of rotatable bonds is 4. The number of primary amides is 1. The fourth-order valence-electron chi connectivity index (χ4n) is 1.32. The zero-order valence-corrected chi connectivity index (χ0v) is 8.18. The maximum Gasteiger partial charge on any atom is 0.249 e.